The number of benzene rings is 2. The summed E-state index contributed by atoms with van der Waals surface area (Å²) in [6.45, 7) is 0. The van der Waals surface area contributed by atoms with Gasteiger partial charge in [0.05, 0.1) is 5.75 Å². The van der Waals surface area contributed by atoms with E-state index in [-0.39, 0.29) is 11.7 Å². The number of carbonyl (C=O) groups excluding carboxylic acids is 2. The van der Waals surface area contributed by atoms with Crippen molar-refractivity contribution in [3.8, 4) is 0 Å². The minimum absolute atomic E-state index is 0.146. The number of nitrogen functional groups attached to an aromatic ring is 1. The molecule has 0 atom stereocenters. The predicted octanol–water partition coefficient (Wildman–Crippen LogP) is 2.32. The summed E-state index contributed by atoms with van der Waals surface area (Å²) in [7, 11) is 0. The molecule has 0 saturated heterocycles. The van der Waals surface area contributed by atoms with Crippen molar-refractivity contribution in [1.82, 2.24) is 5.32 Å². The maximum Gasteiger partial charge on any atom is 0.257 e. The van der Waals surface area contributed by atoms with E-state index in [1.807, 2.05) is 24.3 Å². The monoisotopic (exact) mass is 286 g/mol. The van der Waals surface area contributed by atoms with Crippen molar-refractivity contribution >= 4 is 29.3 Å². The fourth-order valence-electron chi connectivity index (χ4n) is 1.58. The van der Waals surface area contributed by atoms with Crippen molar-refractivity contribution in [2.75, 3.05) is 11.5 Å². The van der Waals surface area contributed by atoms with Crippen LogP contribution in [0.25, 0.3) is 0 Å². The molecule has 102 valence electrons. The van der Waals surface area contributed by atoms with Crippen LogP contribution in [0.1, 0.15) is 10.4 Å². The van der Waals surface area contributed by atoms with Gasteiger partial charge in [-0.25, -0.2) is 0 Å². The van der Waals surface area contributed by atoms with Crippen molar-refractivity contribution in [1.29, 1.82) is 0 Å². The Kier molecular flexibility index (Phi) is 4.79. The molecule has 2 aromatic rings. The van der Waals surface area contributed by atoms with Crippen LogP contribution in [0.15, 0.2) is 59.5 Å². The molecule has 2 amide bonds. The number of imide groups is 1. The summed E-state index contributed by atoms with van der Waals surface area (Å²) in [5, 5.41) is 2.35. The van der Waals surface area contributed by atoms with Crippen molar-refractivity contribution in [3.63, 3.8) is 0 Å². The number of thioether (sulfide) groups is 1. The lowest BCUT2D eigenvalue weighted by Crippen LogP contribution is -2.31. The number of hydrogen-bond donors (Lipinski definition) is 2. The zero-order valence-electron chi connectivity index (χ0n) is 10.7. The van der Waals surface area contributed by atoms with Crippen molar-refractivity contribution < 1.29 is 9.59 Å². The van der Waals surface area contributed by atoms with Gasteiger partial charge >= 0.3 is 0 Å². The molecule has 20 heavy (non-hydrogen) atoms. The van der Waals surface area contributed by atoms with Gasteiger partial charge in [-0.05, 0) is 24.3 Å². The largest absolute Gasteiger partial charge is 0.398 e. The third kappa shape index (κ3) is 3.86. The van der Waals surface area contributed by atoms with E-state index in [9.17, 15) is 9.59 Å². The maximum atomic E-state index is 11.8. The summed E-state index contributed by atoms with van der Waals surface area (Å²) in [6, 6.07) is 15.9. The Morgan fingerprint density at radius 1 is 1.00 bits per heavy atom. The van der Waals surface area contributed by atoms with Crippen LogP contribution in [-0.4, -0.2) is 17.6 Å². The molecule has 0 aromatic heterocycles. The van der Waals surface area contributed by atoms with Crippen LogP contribution in [0.4, 0.5) is 5.69 Å². The summed E-state index contributed by atoms with van der Waals surface area (Å²) in [4.78, 5) is 24.3. The number of para-hydroxylation sites is 1. The van der Waals surface area contributed by atoms with E-state index < -0.39 is 5.91 Å². The molecule has 2 aromatic carbocycles. The van der Waals surface area contributed by atoms with Gasteiger partial charge in [0.25, 0.3) is 5.91 Å². The number of nitrogens with two attached hydrogens (primary N) is 1. The van der Waals surface area contributed by atoms with E-state index in [1.165, 1.54) is 11.8 Å². The number of hydrogen-bond acceptors (Lipinski definition) is 4. The Hall–Kier alpha value is -2.27. The summed E-state index contributed by atoms with van der Waals surface area (Å²) >= 11 is 1.30. The van der Waals surface area contributed by atoms with Gasteiger partial charge < -0.3 is 5.73 Å². The van der Waals surface area contributed by atoms with Crippen LogP contribution in [0.5, 0.6) is 0 Å². The van der Waals surface area contributed by atoms with Crippen LogP contribution in [0.2, 0.25) is 0 Å². The van der Waals surface area contributed by atoms with Crippen LogP contribution < -0.4 is 11.1 Å². The minimum Gasteiger partial charge on any atom is -0.398 e. The fourth-order valence-corrected chi connectivity index (χ4v) is 2.35. The molecule has 0 aliphatic heterocycles. The molecule has 0 aliphatic carbocycles. The molecule has 0 heterocycles. The van der Waals surface area contributed by atoms with Gasteiger partial charge in [-0.2, -0.15) is 0 Å². The quantitative estimate of drug-likeness (QED) is 0.668. The minimum atomic E-state index is -0.391. The SMILES string of the molecule is Nc1ccccc1SCC(=O)NC(=O)c1ccccc1. The molecule has 0 aliphatic rings. The average molecular weight is 286 g/mol. The third-order valence-corrected chi connectivity index (χ3v) is 3.66. The van der Waals surface area contributed by atoms with E-state index in [0.717, 1.165) is 4.90 Å². The van der Waals surface area contributed by atoms with Gasteiger partial charge in [-0.1, -0.05) is 30.3 Å². The molecule has 3 N–H and O–H groups in total. The summed E-state index contributed by atoms with van der Waals surface area (Å²) in [6.07, 6.45) is 0. The molecule has 0 fully saturated rings. The fraction of sp³-hybridized carbons (Fsp3) is 0.0667. The molecule has 5 heteroatoms. The molecule has 4 nitrogen and oxygen atoms in total. The molecule has 0 bridgehead atoms. The molecule has 0 radical (unpaired) electrons. The van der Waals surface area contributed by atoms with Gasteiger partial charge in [-0.15, -0.1) is 11.8 Å². The average Bonchev–Trinajstić information content (AvgIpc) is 2.47. The highest BCUT2D eigenvalue weighted by Crippen LogP contribution is 2.23. The normalized spacial score (nSPS) is 10.0. The zero-order chi connectivity index (χ0) is 14.4. The number of anilines is 1. The number of carbonyl (C=O) groups is 2. The summed E-state index contributed by atoms with van der Waals surface area (Å²) < 4.78 is 0. The Morgan fingerprint density at radius 2 is 1.65 bits per heavy atom. The summed E-state index contributed by atoms with van der Waals surface area (Å²) in [5.41, 5.74) is 6.87. The first-order valence-corrected chi connectivity index (χ1v) is 7.02. The van der Waals surface area contributed by atoms with Crippen molar-refractivity contribution in [2.24, 2.45) is 0 Å². The Balaban J connectivity index is 1.87. The molecular weight excluding hydrogens is 272 g/mol. The first-order valence-electron chi connectivity index (χ1n) is 6.03. The van der Waals surface area contributed by atoms with E-state index in [2.05, 4.69) is 5.32 Å². The first-order chi connectivity index (χ1) is 9.66. The number of rotatable bonds is 4. The van der Waals surface area contributed by atoms with Crippen LogP contribution >= 0.6 is 11.8 Å². The molecular formula is C15H14N2O2S. The molecule has 0 saturated carbocycles. The van der Waals surface area contributed by atoms with Crippen molar-refractivity contribution in [2.45, 2.75) is 4.90 Å². The highest BCUT2D eigenvalue weighted by atomic mass is 32.2. The van der Waals surface area contributed by atoms with Gasteiger partial charge in [0.1, 0.15) is 0 Å². The lowest BCUT2D eigenvalue weighted by molar-refractivity contribution is -0.117. The smallest absolute Gasteiger partial charge is 0.257 e. The van der Waals surface area contributed by atoms with Crippen LogP contribution in [0.3, 0.4) is 0 Å². The molecule has 0 spiro atoms. The molecule has 0 unspecified atom stereocenters. The summed E-state index contributed by atoms with van der Waals surface area (Å²) in [5.74, 6) is -0.586. The first kappa shape index (κ1) is 14.1. The molecule has 2 rings (SSSR count). The van der Waals surface area contributed by atoms with Gasteiger partial charge in [0.15, 0.2) is 0 Å². The highest BCUT2D eigenvalue weighted by molar-refractivity contribution is 8.00. The van der Waals surface area contributed by atoms with Gasteiger partial charge in [-0.3, -0.25) is 14.9 Å². The van der Waals surface area contributed by atoms with Crippen LogP contribution in [0, 0.1) is 0 Å². The van der Waals surface area contributed by atoms with Gasteiger partial charge in [0.2, 0.25) is 5.91 Å². The predicted molar refractivity (Wildman–Crippen MR) is 80.5 cm³/mol. The lowest BCUT2D eigenvalue weighted by atomic mass is 10.2. The third-order valence-electron chi connectivity index (χ3n) is 2.57. The van der Waals surface area contributed by atoms with E-state index in [0.29, 0.717) is 11.3 Å². The second kappa shape index (κ2) is 6.77. The number of amides is 2. The highest BCUT2D eigenvalue weighted by Gasteiger charge is 2.10. The Labute approximate surface area is 121 Å². The van der Waals surface area contributed by atoms with Gasteiger partial charge in [0, 0.05) is 16.1 Å². The zero-order valence-corrected chi connectivity index (χ0v) is 11.5. The topological polar surface area (TPSA) is 72.2 Å². The van der Waals surface area contributed by atoms with Crippen LogP contribution in [-0.2, 0) is 4.79 Å². The van der Waals surface area contributed by atoms with E-state index >= 15 is 0 Å². The van der Waals surface area contributed by atoms with E-state index in [1.54, 1.807) is 30.3 Å². The number of nitrogens with one attached hydrogen (secondary N) is 1. The van der Waals surface area contributed by atoms with E-state index in [4.69, 9.17) is 5.73 Å². The lowest BCUT2D eigenvalue weighted by Gasteiger charge is -2.06. The Morgan fingerprint density at radius 3 is 2.35 bits per heavy atom. The standard InChI is InChI=1S/C15H14N2O2S/c16-12-8-4-5-9-13(12)20-10-14(18)17-15(19)11-6-2-1-3-7-11/h1-9H,10,16H2,(H,17,18,19). The maximum absolute atomic E-state index is 11.8. The van der Waals surface area contributed by atoms with Crippen molar-refractivity contribution in [3.05, 3.63) is 60.2 Å². The second-order valence-electron chi connectivity index (χ2n) is 4.07. The Bertz CT molecular complexity index is 614. The second-order valence-corrected chi connectivity index (χ2v) is 5.09.